The minimum absolute atomic E-state index is 0.0416. The van der Waals surface area contributed by atoms with Crippen molar-refractivity contribution >= 4 is 23.0 Å². The molecule has 0 spiro atoms. The molecule has 100 valence electrons. The van der Waals surface area contributed by atoms with Crippen LogP contribution in [0.3, 0.4) is 0 Å². The summed E-state index contributed by atoms with van der Waals surface area (Å²) < 4.78 is 13.3. The van der Waals surface area contributed by atoms with Gasteiger partial charge in [-0.15, -0.1) is 0 Å². The Kier molecular flexibility index (Phi) is 5.30. The zero-order valence-electron chi connectivity index (χ0n) is 9.82. The van der Waals surface area contributed by atoms with Crippen LogP contribution in [0.15, 0.2) is 12.1 Å². The Morgan fingerprint density at radius 1 is 1.61 bits per heavy atom. The van der Waals surface area contributed by atoms with Crippen molar-refractivity contribution in [1.29, 1.82) is 0 Å². The fourth-order valence-corrected chi connectivity index (χ4v) is 1.59. The van der Waals surface area contributed by atoms with E-state index in [2.05, 4.69) is 5.32 Å². The minimum atomic E-state index is -0.709. The van der Waals surface area contributed by atoms with E-state index in [0.29, 0.717) is 13.0 Å². The van der Waals surface area contributed by atoms with Gasteiger partial charge in [-0.1, -0.05) is 18.5 Å². The first-order chi connectivity index (χ1) is 8.45. The Bertz CT molecular complexity index is 443. The quantitative estimate of drug-likeness (QED) is 0.619. The standard InChI is InChI=1S/C11H14ClFN2O3/c1-7(2-3-16)6-14-10-5-9(13)8(12)4-11(10)15(17)18/h4-5,7,14,16H,2-3,6H2,1H3. The maximum absolute atomic E-state index is 13.3. The van der Waals surface area contributed by atoms with Gasteiger partial charge in [0.15, 0.2) is 0 Å². The minimum Gasteiger partial charge on any atom is -0.396 e. The number of halogens is 2. The van der Waals surface area contributed by atoms with Gasteiger partial charge in [0.1, 0.15) is 11.5 Å². The lowest BCUT2D eigenvalue weighted by Gasteiger charge is -2.12. The Labute approximate surface area is 109 Å². The number of anilines is 1. The lowest BCUT2D eigenvalue weighted by Crippen LogP contribution is -2.13. The molecule has 0 aliphatic carbocycles. The highest BCUT2D eigenvalue weighted by Crippen LogP contribution is 2.30. The summed E-state index contributed by atoms with van der Waals surface area (Å²) in [5, 5.41) is 22.1. The molecule has 0 amide bonds. The third kappa shape index (κ3) is 3.82. The van der Waals surface area contributed by atoms with Crippen LogP contribution in [0.1, 0.15) is 13.3 Å². The van der Waals surface area contributed by atoms with Gasteiger partial charge in [-0.2, -0.15) is 0 Å². The van der Waals surface area contributed by atoms with Crippen molar-refractivity contribution in [2.75, 3.05) is 18.5 Å². The summed E-state index contributed by atoms with van der Waals surface area (Å²) >= 11 is 5.50. The second-order valence-electron chi connectivity index (χ2n) is 4.04. The lowest BCUT2D eigenvalue weighted by molar-refractivity contribution is -0.384. The first-order valence-electron chi connectivity index (χ1n) is 5.44. The van der Waals surface area contributed by atoms with Crippen LogP contribution in [0, 0.1) is 21.8 Å². The largest absolute Gasteiger partial charge is 0.396 e. The van der Waals surface area contributed by atoms with Gasteiger partial charge in [0.2, 0.25) is 0 Å². The molecule has 1 rings (SSSR count). The monoisotopic (exact) mass is 276 g/mol. The Morgan fingerprint density at radius 2 is 2.28 bits per heavy atom. The normalized spacial score (nSPS) is 12.2. The smallest absolute Gasteiger partial charge is 0.294 e. The van der Waals surface area contributed by atoms with E-state index >= 15 is 0 Å². The molecule has 1 aromatic rings. The molecule has 5 nitrogen and oxygen atoms in total. The highest BCUT2D eigenvalue weighted by molar-refractivity contribution is 6.31. The fourth-order valence-electron chi connectivity index (χ4n) is 1.44. The molecule has 0 aromatic heterocycles. The first-order valence-corrected chi connectivity index (χ1v) is 5.81. The van der Waals surface area contributed by atoms with E-state index in [4.69, 9.17) is 16.7 Å². The van der Waals surface area contributed by atoms with Gasteiger partial charge >= 0.3 is 0 Å². The molecule has 0 saturated heterocycles. The van der Waals surface area contributed by atoms with Crippen molar-refractivity contribution in [3.05, 3.63) is 33.1 Å². The van der Waals surface area contributed by atoms with Crippen LogP contribution >= 0.6 is 11.6 Å². The van der Waals surface area contributed by atoms with Gasteiger partial charge in [0, 0.05) is 25.3 Å². The molecule has 2 N–H and O–H groups in total. The average Bonchev–Trinajstić information content (AvgIpc) is 2.30. The molecule has 0 radical (unpaired) electrons. The zero-order valence-corrected chi connectivity index (χ0v) is 10.6. The van der Waals surface area contributed by atoms with Gasteiger partial charge in [0.25, 0.3) is 5.69 Å². The SMILES string of the molecule is CC(CCO)CNc1cc(F)c(Cl)cc1[N+](=O)[O-]. The maximum Gasteiger partial charge on any atom is 0.294 e. The van der Waals surface area contributed by atoms with Crippen molar-refractivity contribution in [2.24, 2.45) is 5.92 Å². The summed E-state index contributed by atoms with van der Waals surface area (Å²) in [7, 11) is 0. The van der Waals surface area contributed by atoms with Crippen LogP contribution in [0.4, 0.5) is 15.8 Å². The van der Waals surface area contributed by atoms with E-state index in [1.54, 1.807) is 0 Å². The van der Waals surface area contributed by atoms with E-state index in [1.165, 1.54) is 0 Å². The van der Waals surface area contributed by atoms with Crippen LogP contribution < -0.4 is 5.32 Å². The fraction of sp³-hybridized carbons (Fsp3) is 0.455. The second-order valence-corrected chi connectivity index (χ2v) is 4.45. The summed E-state index contributed by atoms with van der Waals surface area (Å²) in [5.74, 6) is -0.590. The molecular weight excluding hydrogens is 263 g/mol. The van der Waals surface area contributed by atoms with Crippen molar-refractivity contribution in [3.63, 3.8) is 0 Å². The number of aliphatic hydroxyl groups excluding tert-OH is 1. The van der Waals surface area contributed by atoms with Crippen molar-refractivity contribution in [3.8, 4) is 0 Å². The van der Waals surface area contributed by atoms with Crippen molar-refractivity contribution in [1.82, 2.24) is 0 Å². The number of nitro groups is 1. The highest BCUT2D eigenvalue weighted by Gasteiger charge is 2.18. The maximum atomic E-state index is 13.3. The number of aliphatic hydroxyl groups is 1. The number of nitrogens with zero attached hydrogens (tertiary/aromatic N) is 1. The predicted molar refractivity (Wildman–Crippen MR) is 67.4 cm³/mol. The lowest BCUT2D eigenvalue weighted by atomic mass is 10.1. The average molecular weight is 277 g/mol. The third-order valence-corrected chi connectivity index (χ3v) is 2.79. The molecular formula is C11H14ClFN2O3. The van der Waals surface area contributed by atoms with E-state index in [9.17, 15) is 14.5 Å². The second kappa shape index (κ2) is 6.51. The summed E-state index contributed by atoms with van der Waals surface area (Å²) in [6.45, 7) is 2.32. The molecule has 18 heavy (non-hydrogen) atoms. The van der Waals surface area contributed by atoms with Gasteiger partial charge in [0.05, 0.1) is 9.95 Å². The molecule has 0 saturated carbocycles. The topological polar surface area (TPSA) is 75.4 Å². The van der Waals surface area contributed by atoms with E-state index in [1.807, 2.05) is 6.92 Å². The van der Waals surface area contributed by atoms with Crippen LogP contribution in [0.5, 0.6) is 0 Å². The van der Waals surface area contributed by atoms with E-state index in [0.717, 1.165) is 12.1 Å². The van der Waals surface area contributed by atoms with Crippen LogP contribution in [-0.2, 0) is 0 Å². The molecule has 0 heterocycles. The summed E-state index contributed by atoms with van der Waals surface area (Å²) in [5.41, 5.74) is -0.177. The summed E-state index contributed by atoms with van der Waals surface area (Å²) in [4.78, 5) is 10.2. The molecule has 0 aliphatic rings. The number of nitrogens with one attached hydrogen (secondary N) is 1. The Hall–Kier alpha value is -1.40. The van der Waals surface area contributed by atoms with Gasteiger partial charge < -0.3 is 10.4 Å². The van der Waals surface area contributed by atoms with Crippen LogP contribution in [0.25, 0.3) is 0 Å². The Balaban J connectivity index is 2.86. The van der Waals surface area contributed by atoms with Crippen LogP contribution in [-0.4, -0.2) is 23.2 Å². The summed E-state index contributed by atoms with van der Waals surface area (Å²) in [6, 6.07) is 1.99. The number of rotatable bonds is 6. The molecule has 0 fully saturated rings. The van der Waals surface area contributed by atoms with E-state index < -0.39 is 10.7 Å². The molecule has 1 aromatic carbocycles. The van der Waals surface area contributed by atoms with Crippen molar-refractivity contribution < 1.29 is 14.4 Å². The number of hydrogen-bond donors (Lipinski definition) is 2. The predicted octanol–water partition coefficient (Wildman–Crippen LogP) is 2.82. The molecule has 1 atom stereocenters. The Morgan fingerprint density at radius 3 is 2.83 bits per heavy atom. The summed E-state index contributed by atoms with van der Waals surface area (Å²) in [6.07, 6.45) is 0.566. The third-order valence-electron chi connectivity index (χ3n) is 2.50. The molecule has 0 bridgehead atoms. The zero-order chi connectivity index (χ0) is 13.7. The van der Waals surface area contributed by atoms with Gasteiger partial charge in [-0.05, 0) is 12.3 Å². The molecule has 7 heteroatoms. The molecule has 0 aliphatic heterocycles. The number of benzene rings is 1. The number of hydrogen-bond acceptors (Lipinski definition) is 4. The molecule has 1 unspecified atom stereocenters. The van der Waals surface area contributed by atoms with Crippen LogP contribution in [0.2, 0.25) is 5.02 Å². The van der Waals surface area contributed by atoms with Gasteiger partial charge in [-0.3, -0.25) is 10.1 Å². The van der Waals surface area contributed by atoms with E-state index in [-0.39, 0.29) is 28.9 Å². The van der Waals surface area contributed by atoms with Crippen molar-refractivity contribution in [2.45, 2.75) is 13.3 Å². The van der Waals surface area contributed by atoms with Gasteiger partial charge in [-0.25, -0.2) is 4.39 Å². The first kappa shape index (κ1) is 14.7. The highest BCUT2D eigenvalue weighted by atomic mass is 35.5. The number of nitro benzene ring substituents is 1.